The van der Waals surface area contributed by atoms with Gasteiger partial charge in [0.2, 0.25) is 0 Å². The quantitative estimate of drug-likeness (QED) is 0.279. The summed E-state index contributed by atoms with van der Waals surface area (Å²) in [4.78, 5) is 0. The maximum Gasteiger partial charge on any atom is 0.0900 e. The standard InChI is InChI=1S/C13H9O.C9H13.C2H6Si.Zr/c1-2-4-12-10(3-1)5-6-13(12)11-7-8-14-9-11;1-6-5-7(2)9(4)8(6)3;1-3-2;/h1-9H;6H,1-4H3;1-2H3;/q2*-1;;+2. The minimum absolute atomic E-state index is 0.210. The third kappa shape index (κ3) is 6.09. The van der Waals surface area contributed by atoms with Gasteiger partial charge >= 0.3 is 41.9 Å². The second-order valence-electron chi connectivity index (χ2n) is 7.15. The van der Waals surface area contributed by atoms with E-state index in [9.17, 15) is 0 Å². The number of hydrogen-bond donors (Lipinski definition) is 0. The molecule has 0 aliphatic heterocycles. The Balaban J connectivity index is 0.000000174. The molecule has 0 spiro atoms. The fourth-order valence-corrected chi connectivity index (χ4v) is 2.98. The van der Waals surface area contributed by atoms with E-state index in [0.29, 0.717) is 5.92 Å². The molecule has 27 heavy (non-hydrogen) atoms. The van der Waals surface area contributed by atoms with Crippen molar-refractivity contribution < 1.29 is 27.8 Å². The number of benzene rings is 1. The van der Waals surface area contributed by atoms with E-state index in [2.05, 4.69) is 83.3 Å². The Bertz CT molecular complexity index is 953. The van der Waals surface area contributed by atoms with Crippen LogP contribution in [0, 0.1) is 12.0 Å². The van der Waals surface area contributed by atoms with Gasteiger partial charge in [-0.3, -0.25) is 6.08 Å². The summed E-state index contributed by atoms with van der Waals surface area (Å²) in [6.45, 7) is 13.3. The van der Waals surface area contributed by atoms with Gasteiger partial charge in [-0.25, -0.2) is 5.57 Å². The van der Waals surface area contributed by atoms with Crippen LogP contribution in [0.15, 0.2) is 76.1 Å². The minimum atomic E-state index is 0.210. The summed E-state index contributed by atoms with van der Waals surface area (Å²) in [7, 11) is 0. The fourth-order valence-electron chi connectivity index (χ4n) is 2.98. The number of fused-ring (bicyclic) bond motifs is 1. The molecule has 1 aliphatic rings. The largest absolute Gasteiger partial charge is 0.473 e. The van der Waals surface area contributed by atoms with Crippen LogP contribution in [-0.2, 0) is 23.3 Å². The molecule has 138 valence electrons. The first kappa shape index (κ1) is 22.0. The van der Waals surface area contributed by atoms with E-state index in [0.717, 1.165) is 5.56 Å². The van der Waals surface area contributed by atoms with E-state index >= 15 is 0 Å². The Labute approximate surface area is 178 Å². The van der Waals surface area contributed by atoms with Crippen molar-refractivity contribution >= 4 is 16.2 Å². The molecule has 0 bridgehead atoms. The Morgan fingerprint density at radius 2 is 1.78 bits per heavy atom. The maximum atomic E-state index is 5.09. The van der Waals surface area contributed by atoms with Crippen LogP contribution in [0.3, 0.4) is 0 Å². The average Bonchev–Trinajstić information content (AvgIpc) is 3.33. The van der Waals surface area contributed by atoms with Crippen molar-refractivity contribution in [2.75, 3.05) is 0 Å². The van der Waals surface area contributed by atoms with Crippen molar-refractivity contribution in [3.8, 4) is 11.1 Å². The topological polar surface area (TPSA) is 13.1 Å². The molecule has 1 unspecified atom stereocenters. The molecule has 0 saturated heterocycles. The second-order valence-corrected chi connectivity index (χ2v) is 16.5. The normalized spacial score (nSPS) is 15.7. The zero-order valence-electron chi connectivity index (χ0n) is 17.2. The molecule has 2 aromatic carbocycles. The monoisotopic (exact) mass is 450 g/mol. The van der Waals surface area contributed by atoms with E-state index in [-0.39, 0.29) is 5.43 Å². The molecule has 0 radical (unpaired) electrons. The summed E-state index contributed by atoms with van der Waals surface area (Å²) in [6, 6.07) is 14.6. The van der Waals surface area contributed by atoms with Crippen LogP contribution in [0.25, 0.3) is 21.9 Å². The third-order valence-electron chi connectivity index (χ3n) is 4.75. The molecule has 1 aromatic heterocycles. The number of hydrogen-bond acceptors (Lipinski definition) is 1. The average molecular weight is 452 g/mol. The predicted octanol–water partition coefficient (Wildman–Crippen LogP) is 7.32. The zero-order chi connectivity index (χ0) is 20.0. The van der Waals surface area contributed by atoms with E-state index < -0.39 is 0 Å². The van der Waals surface area contributed by atoms with E-state index in [1.165, 1.54) is 33.1 Å². The first-order valence-electron chi connectivity index (χ1n) is 9.27. The zero-order valence-corrected chi connectivity index (χ0v) is 20.6. The Hall–Kier alpha value is -1.31. The van der Waals surface area contributed by atoms with Gasteiger partial charge in [0.1, 0.15) is 0 Å². The van der Waals surface area contributed by atoms with Gasteiger partial charge in [0, 0.05) is 0 Å². The van der Waals surface area contributed by atoms with Crippen LogP contribution in [0.2, 0.25) is 13.1 Å². The summed E-state index contributed by atoms with van der Waals surface area (Å²) < 4.78 is 5.09. The summed E-state index contributed by atoms with van der Waals surface area (Å²) >= 11 is 1.74. The molecule has 0 saturated carbocycles. The fraction of sp³-hybridized carbons (Fsp3) is 0.292. The molecule has 0 fully saturated rings. The molecular weight excluding hydrogens is 424 g/mol. The van der Waals surface area contributed by atoms with Crippen LogP contribution in [-0.4, -0.2) is 5.43 Å². The molecule has 0 amide bonds. The molecule has 0 N–H and O–H groups in total. The molecule has 3 aromatic rings. The van der Waals surface area contributed by atoms with Crippen molar-refractivity contribution in [3.63, 3.8) is 0 Å². The molecule has 1 atom stereocenters. The van der Waals surface area contributed by atoms with Gasteiger partial charge in [0.25, 0.3) is 0 Å². The first-order chi connectivity index (χ1) is 12.8. The van der Waals surface area contributed by atoms with Gasteiger partial charge in [0.05, 0.1) is 12.5 Å². The Kier molecular flexibility index (Phi) is 8.38. The number of allylic oxidation sites excluding steroid dienone is 4. The van der Waals surface area contributed by atoms with Gasteiger partial charge in [-0.05, 0) is 11.6 Å². The van der Waals surface area contributed by atoms with Crippen molar-refractivity contribution in [3.05, 3.63) is 77.8 Å². The van der Waals surface area contributed by atoms with Gasteiger partial charge in [-0.15, -0.1) is 53.6 Å². The summed E-state index contributed by atoms with van der Waals surface area (Å²) in [5.41, 5.74) is 6.85. The maximum absolute atomic E-state index is 5.09. The first-order valence-corrected chi connectivity index (χ1v) is 15.5. The molecule has 1 aliphatic carbocycles. The van der Waals surface area contributed by atoms with Gasteiger partial charge < -0.3 is 4.42 Å². The van der Waals surface area contributed by atoms with Crippen LogP contribution >= 0.6 is 0 Å². The smallest absolute Gasteiger partial charge is 0.0900 e. The summed E-state index contributed by atoms with van der Waals surface area (Å²) in [5.74, 6) is 0.560. The molecule has 3 heteroatoms. The second kappa shape index (κ2) is 10.3. The van der Waals surface area contributed by atoms with Crippen molar-refractivity contribution in [2.45, 2.75) is 40.8 Å². The Morgan fingerprint density at radius 1 is 1.11 bits per heavy atom. The van der Waals surface area contributed by atoms with Gasteiger partial charge in [-0.1, -0.05) is 32.8 Å². The Morgan fingerprint density at radius 3 is 2.26 bits per heavy atom. The molecular formula is C24H28OSiZr. The van der Waals surface area contributed by atoms with Crippen LogP contribution < -0.4 is 0 Å². The summed E-state index contributed by atoms with van der Waals surface area (Å²) in [6.07, 6.45) is 6.84. The molecule has 1 heterocycles. The predicted molar refractivity (Wildman–Crippen MR) is 115 cm³/mol. The van der Waals surface area contributed by atoms with Crippen LogP contribution in [0.5, 0.6) is 0 Å². The summed E-state index contributed by atoms with van der Waals surface area (Å²) in [5, 5.41) is 2.57. The van der Waals surface area contributed by atoms with Crippen LogP contribution in [0.4, 0.5) is 0 Å². The van der Waals surface area contributed by atoms with Gasteiger partial charge in [0.15, 0.2) is 0 Å². The number of rotatable bonds is 1. The van der Waals surface area contributed by atoms with E-state index in [1.54, 1.807) is 35.9 Å². The van der Waals surface area contributed by atoms with E-state index in [1.807, 2.05) is 6.07 Å². The van der Waals surface area contributed by atoms with Crippen molar-refractivity contribution in [1.82, 2.24) is 0 Å². The number of furan rings is 1. The SMILES string of the molecule is CC1=[C-]C(C)C(C)=C1C.C[Si](C)=[Zr+2].c1ccc2c(-c3ccoc3)c[cH-]c2c1. The third-order valence-corrected chi connectivity index (χ3v) is 4.75. The van der Waals surface area contributed by atoms with Crippen molar-refractivity contribution in [1.29, 1.82) is 0 Å². The van der Waals surface area contributed by atoms with Gasteiger partial charge in [-0.2, -0.15) is 11.1 Å². The van der Waals surface area contributed by atoms with E-state index in [4.69, 9.17) is 4.42 Å². The minimum Gasteiger partial charge on any atom is -0.473 e. The van der Waals surface area contributed by atoms with Crippen molar-refractivity contribution in [2.24, 2.45) is 5.92 Å². The molecule has 4 rings (SSSR count). The van der Waals surface area contributed by atoms with Crippen LogP contribution in [0.1, 0.15) is 27.7 Å². The molecule has 1 nitrogen and oxygen atoms in total.